The lowest BCUT2D eigenvalue weighted by Gasteiger charge is -1.98. The van der Waals surface area contributed by atoms with Crippen LogP contribution < -0.4 is 0 Å². The number of aromatic hydroxyl groups is 1. The summed E-state index contributed by atoms with van der Waals surface area (Å²) in [7, 11) is 1.24. The summed E-state index contributed by atoms with van der Waals surface area (Å²) in [5.74, 6) is -0.858. The van der Waals surface area contributed by atoms with Gasteiger partial charge in [0.2, 0.25) is 5.69 Å². The Hall–Kier alpha value is -2.30. The van der Waals surface area contributed by atoms with E-state index in [2.05, 4.69) is 9.84 Å². The molecular weight excluding hydrogens is 208 g/mol. The molecule has 0 saturated heterocycles. The molecule has 1 aromatic heterocycles. The summed E-state index contributed by atoms with van der Waals surface area (Å²) in [6.45, 7) is 0. The molecule has 1 aromatic carbocycles. The number of esters is 1. The van der Waals surface area contributed by atoms with Crippen molar-refractivity contribution >= 4 is 5.97 Å². The smallest absolute Gasteiger partial charge is 0.362 e. The minimum Gasteiger partial charge on any atom is -0.504 e. The Kier molecular flexibility index (Phi) is 2.59. The van der Waals surface area contributed by atoms with Crippen LogP contribution in [-0.4, -0.2) is 28.0 Å². The zero-order valence-corrected chi connectivity index (χ0v) is 8.62. The molecule has 0 radical (unpaired) electrons. The summed E-state index contributed by atoms with van der Waals surface area (Å²) in [6, 6.07) is 9.17. The average molecular weight is 218 g/mol. The van der Waals surface area contributed by atoms with Crippen molar-refractivity contribution in [3.63, 3.8) is 0 Å². The van der Waals surface area contributed by atoms with Crippen LogP contribution in [0.5, 0.6) is 5.75 Å². The van der Waals surface area contributed by atoms with Gasteiger partial charge in [-0.15, -0.1) is 0 Å². The lowest BCUT2D eigenvalue weighted by atomic mass is 10.3. The fourth-order valence-corrected chi connectivity index (χ4v) is 1.32. The standard InChI is InChI=1S/C11H10N2O3/c1-16-11(15)10-9(14)7-13(12-10)8-5-3-2-4-6-8/h2-7,14H,1H3. The molecule has 0 atom stereocenters. The van der Waals surface area contributed by atoms with E-state index in [0.29, 0.717) is 0 Å². The molecule has 2 aromatic rings. The van der Waals surface area contributed by atoms with Gasteiger partial charge in [-0.05, 0) is 12.1 Å². The minimum atomic E-state index is -0.660. The second-order valence-electron chi connectivity index (χ2n) is 3.13. The molecular formula is C11H10N2O3. The number of carbonyl (C=O) groups is 1. The lowest BCUT2D eigenvalue weighted by molar-refractivity contribution is 0.0590. The molecule has 0 amide bonds. The Morgan fingerprint density at radius 2 is 2.06 bits per heavy atom. The third-order valence-corrected chi connectivity index (χ3v) is 2.09. The van der Waals surface area contributed by atoms with Crippen LogP contribution in [0.15, 0.2) is 36.5 Å². The first-order chi connectivity index (χ1) is 7.72. The fourth-order valence-electron chi connectivity index (χ4n) is 1.32. The van der Waals surface area contributed by atoms with Gasteiger partial charge < -0.3 is 9.84 Å². The van der Waals surface area contributed by atoms with Gasteiger partial charge in [0.15, 0.2) is 5.75 Å². The maximum Gasteiger partial charge on any atom is 0.362 e. The molecule has 2 rings (SSSR count). The van der Waals surface area contributed by atoms with Gasteiger partial charge in [0.05, 0.1) is 19.0 Å². The Labute approximate surface area is 91.9 Å². The van der Waals surface area contributed by atoms with Gasteiger partial charge in [0.25, 0.3) is 0 Å². The third kappa shape index (κ3) is 1.75. The number of benzene rings is 1. The maximum absolute atomic E-state index is 11.2. The summed E-state index contributed by atoms with van der Waals surface area (Å²) >= 11 is 0. The van der Waals surface area contributed by atoms with Gasteiger partial charge in [0, 0.05) is 0 Å². The van der Waals surface area contributed by atoms with Crippen LogP contribution in [0.25, 0.3) is 5.69 Å². The molecule has 0 bridgehead atoms. The minimum absolute atomic E-state index is 0.0913. The highest BCUT2D eigenvalue weighted by molar-refractivity contribution is 5.89. The van der Waals surface area contributed by atoms with Gasteiger partial charge in [-0.1, -0.05) is 18.2 Å². The maximum atomic E-state index is 11.2. The zero-order chi connectivity index (χ0) is 11.5. The first kappa shape index (κ1) is 10.2. The Morgan fingerprint density at radius 1 is 1.38 bits per heavy atom. The number of nitrogens with zero attached hydrogens (tertiary/aromatic N) is 2. The van der Waals surface area contributed by atoms with Gasteiger partial charge >= 0.3 is 5.97 Å². The lowest BCUT2D eigenvalue weighted by Crippen LogP contribution is -2.04. The monoisotopic (exact) mass is 218 g/mol. The van der Waals surface area contributed by atoms with Crippen molar-refractivity contribution in [1.82, 2.24) is 9.78 Å². The second kappa shape index (κ2) is 4.06. The van der Waals surface area contributed by atoms with Gasteiger partial charge in [0.1, 0.15) is 0 Å². The summed E-state index contributed by atoms with van der Waals surface area (Å²) < 4.78 is 5.91. The highest BCUT2D eigenvalue weighted by Crippen LogP contribution is 2.18. The van der Waals surface area contributed by atoms with Crippen LogP contribution in [0.2, 0.25) is 0 Å². The SMILES string of the molecule is COC(=O)c1nn(-c2ccccc2)cc1O. The van der Waals surface area contributed by atoms with E-state index in [-0.39, 0.29) is 11.4 Å². The van der Waals surface area contributed by atoms with E-state index in [4.69, 9.17) is 0 Å². The number of hydrogen-bond acceptors (Lipinski definition) is 4. The van der Waals surface area contributed by atoms with Crippen molar-refractivity contribution in [2.75, 3.05) is 7.11 Å². The molecule has 16 heavy (non-hydrogen) atoms. The van der Waals surface area contributed by atoms with Crippen molar-refractivity contribution in [2.45, 2.75) is 0 Å². The third-order valence-electron chi connectivity index (χ3n) is 2.09. The van der Waals surface area contributed by atoms with E-state index < -0.39 is 5.97 Å². The molecule has 0 spiro atoms. The summed E-state index contributed by atoms with van der Waals surface area (Å²) in [4.78, 5) is 11.2. The highest BCUT2D eigenvalue weighted by atomic mass is 16.5. The van der Waals surface area contributed by atoms with E-state index in [9.17, 15) is 9.90 Å². The van der Waals surface area contributed by atoms with Crippen molar-refractivity contribution < 1.29 is 14.6 Å². The van der Waals surface area contributed by atoms with E-state index in [1.165, 1.54) is 18.0 Å². The summed E-state index contributed by atoms with van der Waals surface area (Å²) in [5, 5.41) is 13.5. The molecule has 0 aliphatic heterocycles. The zero-order valence-electron chi connectivity index (χ0n) is 8.62. The summed E-state index contributed by atoms with van der Waals surface area (Å²) in [6.07, 6.45) is 1.36. The number of carbonyl (C=O) groups excluding carboxylic acids is 1. The normalized spacial score (nSPS) is 10.1. The van der Waals surface area contributed by atoms with Crippen LogP contribution in [0.3, 0.4) is 0 Å². The number of hydrogen-bond donors (Lipinski definition) is 1. The molecule has 0 aliphatic rings. The van der Waals surface area contributed by atoms with Crippen LogP contribution in [0.1, 0.15) is 10.5 Å². The van der Waals surface area contributed by atoms with Gasteiger partial charge in [-0.25, -0.2) is 9.48 Å². The van der Waals surface area contributed by atoms with Gasteiger partial charge in [-0.3, -0.25) is 0 Å². The van der Waals surface area contributed by atoms with E-state index in [0.717, 1.165) is 5.69 Å². The van der Waals surface area contributed by atoms with Crippen LogP contribution in [-0.2, 0) is 4.74 Å². The fraction of sp³-hybridized carbons (Fsp3) is 0.0909. The molecule has 1 heterocycles. The molecule has 0 fully saturated rings. The van der Waals surface area contributed by atoms with Gasteiger partial charge in [-0.2, -0.15) is 5.10 Å². The molecule has 0 saturated carbocycles. The van der Waals surface area contributed by atoms with E-state index in [1.807, 2.05) is 30.3 Å². The predicted octanol–water partition coefficient (Wildman–Crippen LogP) is 1.36. The van der Waals surface area contributed by atoms with E-state index in [1.54, 1.807) is 0 Å². The van der Waals surface area contributed by atoms with Crippen LogP contribution in [0.4, 0.5) is 0 Å². The molecule has 0 unspecified atom stereocenters. The number of rotatable bonds is 2. The summed E-state index contributed by atoms with van der Waals surface area (Å²) in [5.41, 5.74) is 0.666. The Balaban J connectivity index is 2.42. The molecule has 1 N–H and O–H groups in total. The van der Waals surface area contributed by atoms with Crippen LogP contribution >= 0.6 is 0 Å². The Bertz CT molecular complexity index is 505. The number of para-hydroxylation sites is 1. The quantitative estimate of drug-likeness (QED) is 0.773. The molecule has 5 nitrogen and oxygen atoms in total. The first-order valence-electron chi connectivity index (χ1n) is 4.64. The molecule has 5 heteroatoms. The highest BCUT2D eigenvalue weighted by Gasteiger charge is 2.16. The Morgan fingerprint density at radius 3 is 2.69 bits per heavy atom. The second-order valence-corrected chi connectivity index (χ2v) is 3.13. The van der Waals surface area contributed by atoms with Crippen LogP contribution in [0, 0.1) is 0 Å². The number of methoxy groups -OCH3 is 1. The van der Waals surface area contributed by atoms with Crippen molar-refractivity contribution in [1.29, 1.82) is 0 Å². The molecule has 0 aliphatic carbocycles. The average Bonchev–Trinajstić information content (AvgIpc) is 2.71. The van der Waals surface area contributed by atoms with Crippen molar-refractivity contribution in [3.05, 3.63) is 42.2 Å². The number of aromatic nitrogens is 2. The number of ether oxygens (including phenoxy) is 1. The van der Waals surface area contributed by atoms with Crippen molar-refractivity contribution in [2.24, 2.45) is 0 Å². The topological polar surface area (TPSA) is 64.3 Å². The van der Waals surface area contributed by atoms with E-state index >= 15 is 0 Å². The first-order valence-corrected chi connectivity index (χ1v) is 4.64. The van der Waals surface area contributed by atoms with Crippen molar-refractivity contribution in [3.8, 4) is 11.4 Å². The molecule has 82 valence electrons. The largest absolute Gasteiger partial charge is 0.504 e. The predicted molar refractivity (Wildman–Crippen MR) is 56.6 cm³/mol.